The molecule has 0 radical (unpaired) electrons. The number of thiol groups is 1. The zero-order chi connectivity index (χ0) is 21.5. The Morgan fingerprint density at radius 2 is 1.80 bits per heavy atom. The highest BCUT2D eigenvalue weighted by molar-refractivity contribution is 7.91. The van der Waals surface area contributed by atoms with Crippen molar-refractivity contribution < 1.29 is 22.0 Å². The monoisotopic (exact) mass is 468 g/mol. The van der Waals surface area contributed by atoms with Crippen LogP contribution in [0.1, 0.15) is 34.8 Å². The molecule has 1 aliphatic heterocycles. The maximum absolute atomic E-state index is 13.7. The summed E-state index contributed by atoms with van der Waals surface area (Å²) in [6, 6.07) is 10.5. The maximum Gasteiger partial charge on any atom is 0.281 e. The van der Waals surface area contributed by atoms with E-state index >= 15 is 0 Å². The minimum atomic E-state index is -3.06. The first-order valence-electron chi connectivity index (χ1n) is 9.26. The van der Waals surface area contributed by atoms with Crippen LogP contribution in [0, 0.1) is 0 Å². The molecular formula is C20H18F2N2O3S3. The Balaban J connectivity index is 1.68. The third-order valence-corrected chi connectivity index (χ3v) is 8.30. The number of amides is 1. The van der Waals surface area contributed by atoms with Gasteiger partial charge in [0.15, 0.2) is 5.01 Å². The van der Waals surface area contributed by atoms with Crippen molar-refractivity contribution in [3.8, 4) is 10.4 Å². The van der Waals surface area contributed by atoms with Gasteiger partial charge >= 0.3 is 0 Å². The van der Waals surface area contributed by atoms with Gasteiger partial charge in [-0.15, -0.1) is 24.0 Å². The number of alkyl halides is 2. The molecule has 0 unspecified atom stereocenters. The zero-order valence-corrected chi connectivity index (χ0v) is 18.2. The van der Waals surface area contributed by atoms with Gasteiger partial charge in [0.1, 0.15) is 15.5 Å². The lowest BCUT2D eigenvalue weighted by molar-refractivity contribution is 0.0932. The van der Waals surface area contributed by atoms with Gasteiger partial charge in [0.05, 0.1) is 16.4 Å². The first-order chi connectivity index (χ1) is 14.2. The molecule has 10 heteroatoms. The SMILES string of the molecule is O=C(NC1CCS(=O)(=O)CC1)c1nc(C(F)F)c(-c2ccc(S)c3ccccc23)s1. The molecule has 1 amide bonds. The van der Waals surface area contributed by atoms with Crippen LogP contribution in [0.2, 0.25) is 0 Å². The van der Waals surface area contributed by atoms with Crippen molar-refractivity contribution in [3.63, 3.8) is 0 Å². The Morgan fingerprint density at radius 1 is 1.13 bits per heavy atom. The third kappa shape index (κ3) is 4.21. The number of thiazole rings is 1. The number of carbonyl (C=O) groups excluding carboxylic acids is 1. The van der Waals surface area contributed by atoms with Crippen LogP contribution < -0.4 is 5.32 Å². The van der Waals surface area contributed by atoms with Crippen molar-refractivity contribution in [2.45, 2.75) is 30.2 Å². The van der Waals surface area contributed by atoms with Gasteiger partial charge in [-0.2, -0.15) is 0 Å². The summed E-state index contributed by atoms with van der Waals surface area (Å²) in [5.74, 6) is -0.552. The normalized spacial score (nSPS) is 16.8. The standard InChI is InChI=1S/C20H18F2N2O3S3/c21-18(22)16-17(14-5-6-15(28)13-4-2-1-3-12(13)14)29-20(24-16)19(25)23-11-7-9-30(26,27)10-8-11/h1-6,11,18,28H,7-10H2,(H,23,25). The van der Waals surface area contributed by atoms with Gasteiger partial charge in [-0.25, -0.2) is 22.2 Å². The van der Waals surface area contributed by atoms with Crippen LogP contribution in [0.3, 0.4) is 0 Å². The molecule has 0 bridgehead atoms. The lowest BCUT2D eigenvalue weighted by Gasteiger charge is -2.22. The van der Waals surface area contributed by atoms with Crippen LogP contribution >= 0.6 is 24.0 Å². The minimum absolute atomic E-state index is 0.00537. The molecule has 1 saturated heterocycles. The molecule has 158 valence electrons. The highest BCUT2D eigenvalue weighted by atomic mass is 32.2. The van der Waals surface area contributed by atoms with Crippen molar-refractivity contribution in [2.24, 2.45) is 0 Å². The van der Waals surface area contributed by atoms with Crippen LogP contribution in [0.5, 0.6) is 0 Å². The molecule has 2 heterocycles. The molecule has 1 N–H and O–H groups in total. The fourth-order valence-corrected chi connectivity index (χ4v) is 6.31. The van der Waals surface area contributed by atoms with Crippen molar-refractivity contribution >= 4 is 50.5 Å². The Bertz CT molecular complexity index is 1210. The van der Waals surface area contributed by atoms with Gasteiger partial charge in [-0.1, -0.05) is 30.3 Å². The van der Waals surface area contributed by atoms with Gasteiger partial charge in [0, 0.05) is 16.5 Å². The molecule has 0 spiro atoms. The van der Waals surface area contributed by atoms with Gasteiger partial charge in [0.2, 0.25) is 0 Å². The van der Waals surface area contributed by atoms with Crippen LogP contribution in [0.25, 0.3) is 21.2 Å². The fourth-order valence-electron chi connectivity index (χ4n) is 3.53. The number of carbonyl (C=O) groups is 1. The average Bonchev–Trinajstić information content (AvgIpc) is 3.16. The zero-order valence-electron chi connectivity index (χ0n) is 15.6. The topological polar surface area (TPSA) is 76.1 Å². The van der Waals surface area contributed by atoms with E-state index in [1.807, 2.05) is 24.3 Å². The first kappa shape index (κ1) is 21.2. The number of hydrogen-bond acceptors (Lipinski definition) is 6. The Labute approximate surface area is 181 Å². The van der Waals surface area contributed by atoms with E-state index in [0.29, 0.717) is 18.4 Å². The molecule has 0 aliphatic carbocycles. The summed E-state index contributed by atoms with van der Waals surface area (Å²) < 4.78 is 50.6. The lowest BCUT2D eigenvalue weighted by atomic mass is 10.0. The molecule has 30 heavy (non-hydrogen) atoms. The van der Waals surface area contributed by atoms with E-state index in [4.69, 9.17) is 0 Å². The Kier molecular flexibility index (Phi) is 5.82. The number of halogens is 2. The highest BCUT2D eigenvalue weighted by Gasteiger charge is 2.28. The number of fused-ring (bicyclic) bond motifs is 1. The molecule has 5 nitrogen and oxygen atoms in total. The summed E-state index contributed by atoms with van der Waals surface area (Å²) in [6.45, 7) is 0. The Hall–Kier alpha value is -2.04. The minimum Gasteiger partial charge on any atom is -0.347 e. The van der Waals surface area contributed by atoms with Crippen LogP contribution in [-0.4, -0.2) is 36.9 Å². The molecule has 3 aromatic rings. The molecular weight excluding hydrogens is 450 g/mol. The second-order valence-electron chi connectivity index (χ2n) is 7.11. The van der Waals surface area contributed by atoms with Gasteiger partial charge in [-0.3, -0.25) is 4.79 Å². The van der Waals surface area contributed by atoms with Crippen molar-refractivity contribution in [1.82, 2.24) is 10.3 Å². The fraction of sp³-hybridized carbons (Fsp3) is 0.300. The molecule has 0 atom stereocenters. The second-order valence-corrected chi connectivity index (χ2v) is 10.9. The molecule has 1 fully saturated rings. The summed E-state index contributed by atoms with van der Waals surface area (Å²) >= 11 is 5.34. The highest BCUT2D eigenvalue weighted by Crippen LogP contribution is 2.40. The summed E-state index contributed by atoms with van der Waals surface area (Å²) in [5, 5.41) is 4.25. The van der Waals surface area contributed by atoms with E-state index in [2.05, 4.69) is 22.9 Å². The maximum atomic E-state index is 13.7. The molecule has 0 saturated carbocycles. The molecule has 2 aromatic carbocycles. The lowest BCUT2D eigenvalue weighted by Crippen LogP contribution is -2.40. The summed E-state index contributed by atoms with van der Waals surface area (Å²) in [7, 11) is -3.06. The molecule has 4 rings (SSSR count). The third-order valence-electron chi connectivity index (χ3n) is 5.09. The van der Waals surface area contributed by atoms with Crippen LogP contribution in [-0.2, 0) is 9.84 Å². The number of sulfone groups is 1. The van der Waals surface area contributed by atoms with E-state index in [0.717, 1.165) is 27.0 Å². The van der Waals surface area contributed by atoms with Gasteiger partial charge in [0.25, 0.3) is 12.3 Å². The van der Waals surface area contributed by atoms with Crippen molar-refractivity contribution in [3.05, 3.63) is 47.1 Å². The second kappa shape index (κ2) is 8.24. The number of hydrogen-bond donors (Lipinski definition) is 2. The van der Waals surface area contributed by atoms with Gasteiger partial charge < -0.3 is 5.32 Å². The molecule has 1 aromatic heterocycles. The smallest absolute Gasteiger partial charge is 0.281 e. The van der Waals surface area contributed by atoms with Crippen molar-refractivity contribution in [2.75, 3.05) is 11.5 Å². The summed E-state index contributed by atoms with van der Waals surface area (Å²) in [4.78, 5) is 17.5. The number of rotatable bonds is 4. The van der Waals surface area contributed by atoms with E-state index in [1.54, 1.807) is 12.1 Å². The van der Waals surface area contributed by atoms with Crippen molar-refractivity contribution in [1.29, 1.82) is 0 Å². The number of benzene rings is 2. The summed E-state index contributed by atoms with van der Waals surface area (Å²) in [5.41, 5.74) is 0.132. The Morgan fingerprint density at radius 3 is 2.47 bits per heavy atom. The summed E-state index contributed by atoms with van der Waals surface area (Å²) in [6.07, 6.45) is -2.23. The largest absolute Gasteiger partial charge is 0.347 e. The first-order valence-corrected chi connectivity index (χ1v) is 12.3. The quantitative estimate of drug-likeness (QED) is 0.553. The van der Waals surface area contributed by atoms with E-state index in [9.17, 15) is 22.0 Å². The number of nitrogens with one attached hydrogen (secondary N) is 1. The average molecular weight is 469 g/mol. The predicted octanol–water partition coefficient (Wildman–Crippen LogP) is 4.50. The van der Waals surface area contributed by atoms with E-state index < -0.39 is 27.9 Å². The number of aromatic nitrogens is 1. The number of nitrogens with zero attached hydrogens (tertiary/aromatic N) is 1. The van der Waals surface area contributed by atoms with E-state index in [1.165, 1.54) is 0 Å². The predicted molar refractivity (Wildman–Crippen MR) is 116 cm³/mol. The van der Waals surface area contributed by atoms with Gasteiger partial charge in [-0.05, 0) is 29.7 Å². The van der Waals surface area contributed by atoms with Crippen LogP contribution in [0.4, 0.5) is 8.78 Å². The van der Waals surface area contributed by atoms with Crippen LogP contribution in [0.15, 0.2) is 41.3 Å². The molecule has 1 aliphatic rings. The van der Waals surface area contributed by atoms with E-state index in [-0.39, 0.29) is 27.4 Å².